The van der Waals surface area contributed by atoms with E-state index in [1.54, 1.807) is 46.3 Å². The van der Waals surface area contributed by atoms with Crippen molar-refractivity contribution >= 4 is 22.8 Å². The van der Waals surface area contributed by atoms with Gasteiger partial charge in [0.15, 0.2) is 0 Å². The first kappa shape index (κ1) is 24.4. The van der Waals surface area contributed by atoms with Crippen LogP contribution in [0.4, 0.5) is 0 Å². The predicted octanol–water partition coefficient (Wildman–Crippen LogP) is 4.42. The molecule has 7 nitrogen and oxygen atoms in total. The van der Waals surface area contributed by atoms with Gasteiger partial charge >= 0.3 is 5.63 Å². The van der Waals surface area contributed by atoms with Crippen LogP contribution in [0.5, 0.6) is 0 Å². The molecule has 2 amide bonds. The van der Waals surface area contributed by atoms with E-state index in [0.29, 0.717) is 30.8 Å². The van der Waals surface area contributed by atoms with Crippen molar-refractivity contribution in [3.05, 3.63) is 112 Å². The molecule has 0 saturated carbocycles. The summed E-state index contributed by atoms with van der Waals surface area (Å²) >= 11 is 0. The van der Waals surface area contributed by atoms with Crippen LogP contribution in [0.25, 0.3) is 11.0 Å². The molecule has 1 fully saturated rings. The van der Waals surface area contributed by atoms with Crippen molar-refractivity contribution in [3.8, 4) is 0 Å². The summed E-state index contributed by atoms with van der Waals surface area (Å²) in [5.74, 6) is -0.237. The summed E-state index contributed by atoms with van der Waals surface area (Å²) < 4.78 is 5.38. The minimum atomic E-state index is -0.617. The van der Waals surface area contributed by atoms with Gasteiger partial charge in [-0.2, -0.15) is 0 Å². The lowest BCUT2D eigenvalue weighted by molar-refractivity contribution is 0.0517. The highest BCUT2D eigenvalue weighted by Crippen LogP contribution is 2.28. The molecule has 0 N–H and O–H groups in total. The zero-order valence-corrected chi connectivity index (χ0v) is 20.7. The Bertz CT molecular complexity index is 1440. The number of para-hydroxylation sites is 1. The van der Waals surface area contributed by atoms with Gasteiger partial charge in [0, 0.05) is 37.8 Å². The summed E-state index contributed by atoms with van der Waals surface area (Å²) in [5, 5.41) is 0.720. The van der Waals surface area contributed by atoms with Crippen LogP contribution in [0.3, 0.4) is 0 Å². The maximum atomic E-state index is 13.3. The van der Waals surface area contributed by atoms with Crippen LogP contribution in [0.1, 0.15) is 39.3 Å². The van der Waals surface area contributed by atoms with Crippen molar-refractivity contribution in [2.45, 2.75) is 25.3 Å². The molecule has 3 heterocycles. The van der Waals surface area contributed by atoms with Crippen molar-refractivity contribution in [2.75, 3.05) is 20.1 Å². The monoisotopic (exact) mass is 495 g/mol. The third-order valence-electron chi connectivity index (χ3n) is 7.23. The molecule has 1 aliphatic rings. The number of likely N-dealkylation sites (tertiary alicyclic amines) is 1. The maximum Gasteiger partial charge on any atom is 0.349 e. The molecule has 1 aliphatic heterocycles. The van der Waals surface area contributed by atoms with Crippen LogP contribution in [0.2, 0.25) is 0 Å². The SMILES string of the molecule is CN(C(=O)c1ccccn1)C(Cc1ccccc1)C1CCN(C(=O)c2cc3ccccc3oc2=O)CC1. The van der Waals surface area contributed by atoms with Gasteiger partial charge in [-0.25, -0.2) is 4.79 Å². The average molecular weight is 496 g/mol. The number of hydrogen-bond acceptors (Lipinski definition) is 5. The fourth-order valence-electron chi connectivity index (χ4n) is 5.16. The molecule has 5 rings (SSSR count). The number of rotatable bonds is 6. The van der Waals surface area contributed by atoms with Crippen LogP contribution < -0.4 is 5.63 Å². The number of carbonyl (C=O) groups is 2. The summed E-state index contributed by atoms with van der Waals surface area (Å²) in [6.07, 6.45) is 3.79. The summed E-state index contributed by atoms with van der Waals surface area (Å²) in [4.78, 5) is 46.8. The van der Waals surface area contributed by atoms with Gasteiger partial charge < -0.3 is 14.2 Å². The highest BCUT2D eigenvalue weighted by atomic mass is 16.4. The highest BCUT2D eigenvalue weighted by Gasteiger charge is 2.34. The van der Waals surface area contributed by atoms with E-state index >= 15 is 0 Å². The van der Waals surface area contributed by atoms with E-state index in [4.69, 9.17) is 4.42 Å². The lowest BCUT2D eigenvalue weighted by Crippen LogP contribution is -2.49. The second kappa shape index (κ2) is 10.8. The van der Waals surface area contributed by atoms with Crippen LogP contribution in [0.15, 0.2) is 94.3 Å². The first-order chi connectivity index (χ1) is 18.0. The molecular formula is C30H29N3O4. The van der Waals surface area contributed by atoms with Gasteiger partial charge in [0.2, 0.25) is 0 Å². The van der Waals surface area contributed by atoms with Crippen LogP contribution in [-0.4, -0.2) is 52.8 Å². The van der Waals surface area contributed by atoms with Gasteiger partial charge in [0.05, 0.1) is 0 Å². The molecule has 1 unspecified atom stereocenters. The summed E-state index contributed by atoms with van der Waals surface area (Å²) in [6, 6.07) is 24.2. The number of piperidine rings is 1. The highest BCUT2D eigenvalue weighted by molar-refractivity contribution is 5.96. The van der Waals surface area contributed by atoms with Gasteiger partial charge in [0.1, 0.15) is 16.8 Å². The third kappa shape index (κ3) is 5.31. The Morgan fingerprint density at radius 2 is 1.70 bits per heavy atom. The molecule has 37 heavy (non-hydrogen) atoms. The largest absolute Gasteiger partial charge is 0.422 e. The first-order valence-corrected chi connectivity index (χ1v) is 12.6. The van der Waals surface area contributed by atoms with Gasteiger partial charge in [-0.15, -0.1) is 0 Å². The Hall–Kier alpha value is -4.26. The number of aromatic nitrogens is 1. The van der Waals surface area contributed by atoms with Crippen LogP contribution in [0, 0.1) is 5.92 Å². The minimum absolute atomic E-state index is 0.0557. The van der Waals surface area contributed by atoms with E-state index in [1.165, 1.54) is 0 Å². The van der Waals surface area contributed by atoms with E-state index in [-0.39, 0.29) is 29.3 Å². The van der Waals surface area contributed by atoms with Gasteiger partial charge in [-0.1, -0.05) is 54.6 Å². The minimum Gasteiger partial charge on any atom is -0.422 e. The quantitative estimate of drug-likeness (QED) is 0.370. The zero-order valence-electron chi connectivity index (χ0n) is 20.7. The van der Waals surface area contributed by atoms with E-state index < -0.39 is 5.63 Å². The number of nitrogens with zero attached hydrogens (tertiary/aromatic N) is 3. The number of benzene rings is 2. The van der Waals surface area contributed by atoms with E-state index in [1.807, 2.05) is 43.4 Å². The Labute approximate surface area is 215 Å². The average Bonchev–Trinajstić information content (AvgIpc) is 2.95. The van der Waals surface area contributed by atoms with E-state index in [9.17, 15) is 14.4 Å². The van der Waals surface area contributed by atoms with Crippen molar-refractivity contribution in [2.24, 2.45) is 5.92 Å². The third-order valence-corrected chi connectivity index (χ3v) is 7.23. The molecule has 0 bridgehead atoms. The maximum absolute atomic E-state index is 13.3. The topological polar surface area (TPSA) is 83.7 Å². The second-order valence-corrected chi connectivity index (χ2v) is 9.50. The fourth-order valence-corrected chi connectivity index (χ4v) is 5.16. The van der Waals surface area contributed by atoms with Crippen molar-refractivity contribution in [3.63, 3.8) is 0 Å². The summed E-state index contributed by atoms with van der Waals surface area (Å²) in [6.45, 7) is 1.01. The number of likely N-dealkylation sites (N-methyl/N-ethyl adjacent to an activating group) is 1. The molecular weight excluding hydrogens is 466 g/mol. The van der Waals surface area contributed by atoms with E-state index in [2.05, 4.69) is 17.1 Å². The van der Waals surface area contributed by atoms with Crippen molar-refractivity contribution in [1.29, 1.82) is 0 Å². The molecule has 0 radical (unpaired) electrons. The first-order valence-electron chi connectivity index (χ1n) is 12.6. The lowest BCUT2D eigenvalue weighted by Gasteiger charge is -2.40. The van der Waals surface area contributed by atoms with Gasteiger partial charge in [-0.05, 0) is 55.0 Å². The fraction of sp³-hybridized carbons (Fsp3) is 0.267. The zero-order chi connectivity index (χ0) is 25.8. The normalized spacial score (nSPS) is 14.9. The molecule has 4 aromatic rings. The summed E-state index contributed by atoms with van der Waals surface area (Å²) in [5.41, 5.74) is 1.47. The number of carbonyl (C=O) groups excluding carboxylic acids is 2. The molecule has 0 aliphatic carbocycles. The molecule has 1 saturated heterocycles. The van der Waals surface area contributed by atoms with Gasteiger partial charge in [-0.3, -0.25) is 14.6 Å². The summed E-state index contributed by atoms with van der Waals surface area (Å²) in [7, 11) is 1.84. The second-order valence-electron chi connectivity index (χ2n) is 9.50. The Morgan fingerprint density at radius 3 is 2.43 bits per heavy atom. The smallest absolute Gasteiger partial charge is 0.349 e. The molecule has 1 atom stereocenters. The number of pyridine rings is 1. The number of hydrogen-bond donors (Lipinski definition) is 0. The molecule has 188 valence electrons. The molecule has 2 aromatic heterocycles. The Balaban J connectivity index is 1.33. The molecule has 7 heteroatoms. The lowest BCUT2D eigenvalue weighted by atomic mass is 9.84. The van der Waals surface area contributed by atoms with Crippen molar-refractivity contribution < 1.29 is 14.0 Å². The molecule has 2 aromatic carbocycles. The number of amides is 2. The van der Waals surface area contributed by atoms with Crippen LogP contribution >= 0.6 is 0 Å². The van der Waals surface area contributed by atoms with Crippen molar-refractivity contribution in [1.82, 2.24) is 14.8 Å². The predicted molar refractivity (Wildman–Crippen MR) is 141 cm³/mol. The number of fused-ring (bicyclic) bond motifs is 1. The van der Waals surface area contributed by atoms with Gasteiger partial charge in [0.25, 0.3) is 11.8 Å². The molecule has 0 spiro atoms. The Morgan fingerprint density at radius 1 is 1.00 bits per heavy atom. The Kier molecular flexibility index (Phi) is 7.12. The van der Waals surface area contributed by atoms with E-state index in [0.717, 1.165) is 23.8 Å². The van der Waals surface area contributed by atoms with Crippen LogP contribution in [-0.2, 0) is 6.42 Å². The standard InChI is InChI=1S/C30H29N3O4/c1-32(29(35)25-12-7-8-16-31-25)26(19-21-9-3-2-4-10-21)22-14-17-33(18-15-22)28(34)24-20-23-11-5-6-13-27(23)37-30(24)36/h2-13,16,20,22,26H,14-15,17-19H2,1H3.